The van der Waals surface area contributed by atoms with E-state index in [1.165, 1.54) is 0 Å². The van der Waals surface area contributed by atoms with Gasteiger partial charge in [-0.25, -0.2) is 0 Å². The van der Waals surface area contributed by atoms with Gasteiger partial charge in [-0.3, -0.25) is 0 Å². The third-order valence-corrected chi connectivity index (χ3v) is 3.75. The van der Waals surface area contributed by atoms with Gasteiger partial charge in [0.2, 0.25) is 0 Å². The van der Waals surface area contributed by atoms with E-state index in [0.29, 0.717) is 19.8 Å². The van der Waals surface area contributed by atoms with Crippen LogP contribution in [0.15, 0.2) is 40.9 Å². The van der Waals surface area contributed by atoms with Crippen LogP contribution in [0.3, 0.4) is 0 Å². The van der Waals surface area contributed by atoms with Gasteiger partial charge in [0.05, 0.1) is 5.69 Å². The Morgan fingerprint density at radius 2 is 1.80 bits per heavy atom. The molecule has 0 aromatic heterocycles. The first-order chi connectivity index (χ1) is 9.74. The molecule has 2 aromatic rings. The summed E-state index contributed by atoms with van der Waals surface area (Å²) in [4.78, 5) is 0. The maximum absolute atomic E-state index is 9.75. The molecular formula is C15H14BrNO3. The Hall–Kier alpha value is -1.88. The monoisotopic (exact) mass is 335 g/mol. The SMILES string of the molecule is Oc1ccccc1CNc1cc2c(cc1Br)OCCO2. The highest BCUT2D eigenvalue weighted by molar-refractivity contribution is 9.10. The second kappa shape index (κ2) is 5.63. The number of ether oxygens (including phenoxy) is 2. The van der Waals surface area contributed by atoms with Crippen molar-refractivity contribution < 1.29 is 14.6 Å². The van der Waals surface area contributed by atoms with Crippen LogP contribution >= 0.6 is 15.9 Å². The summed E-state index contributed by atoms with van der Waals surface area (Å²) in [6.07, 6.45) is 0. The molecule has 5 heteroatoms. The molecule has 0 bridgehead atoms. The Labute approximate surface area is 125 Å². The van der Waals surface area contributed by atoms with Crippen molar-refractivity contribution in [2.45, 2.75) is 6.54 Å². The first-order valence-electron chi connectivity index (χ1n) is 6.34. The lowest BCUT2D eigenvalue weighted by atomic mass is 10.2. The van der Waals surface area contributed by atoms with Crippen LogP contribution in [0.5, 0.6) is 17.2 Å². The van der Waals surface area contributed by atoms with E-state index in [4.69, 9.17) is 9.47 Å². The van der Waals surface area contributed by atoms with Crippen LogP contribution in [0, 0.1) is 0 Å². The van der Waals surface area contributed by atoms with Gasteiger partial charge in [0.25, 0.3) is 0 Å². The molecule has 0 radical (unpaired) electrons. The normalized spacial score (nSPS) is 13.1. The number of hydrogen-bond acceptors (Lipinski definition) is 4. The molecule has 1 aliphatic rings. The highest BCUT2D eigenvalue weighted by Crippen LogP contribution is 2.38. The van der Waals surface area contributed by atoms with Crippen molar-refractivity contribution in [1.29, 1.82) is 0 Å². The second-order valence-electron chi connectivity index (χ2n) is 4.46. The lowest BCUT2D eigenvalue weighted by Crippen LogP contribution is -2.15. The summed E-state index contributed by atoms with van der Waals surface area (Å²) in [5, 5.41) is 13.0. The Balaban J connectivity index is 1.79. The van der Waals surface area contributed by atoms with E-state index in [0.717, 1.165) is 27.2 Å². The number of nitrogens with one attached hydrogen (secondary N) is 1. The Bertz CT molecular complexity index is 631. The number of fused-ring (bicyclic) bond motifs is 1. The number of rotatable bonds is 3. The van der Waals surface area contributed by atoms with E-state index in [1.54, 1.807) is 12.1 Å². The topological polar surface area (TPSA) is 50.7 Å². The van der Waals surface area contributed by atoms with Crippen molar-refractivity contribution in [2.75, 3.05) is 18.5 Å². The number of benzene rings is 2. The molecule has 1 aliphatic heterocycles. The number of phenolic OH excluding ortho intramolecular Hbond substituents is 1. The summed E-state index contributed by atoms with van der Waals surface area (Å²) in [6, 6.07) is 11.1. The van der Waals surface area contributed by atoms with Crippen molar-refractivity contribution in [3.63, 3.8) is 0 Å². The zero-order chi connectivity index (χ0) is 13.9. The quantitative estimate of drug-likeness (QED) is 0.900. The van der Waals surface area contributed by atoms with E-state index in [9.17, 15) is 5.11 Å². The third-order valence-electron chi connectivity index (χ3n) is 3.09. The fourth-order valence-corrected chi connectivity index (χ4v) is 2.51. The van der Waals surface area contributed by atoms with Gasteiger partial charge >= 0.3 is 0 Å². The molecular weight excluding hydrogens is 322 g/mol. The molecule has 0 saturated carbocycles. The van der Waals surface area contributed by atoms with Gasteiger partial charge < -0.3 is 19.9 Å². The largest absolute Gasteiger partial charge is 0.508 e. The lowest BCUT2D eigenvalue weighted by molar-refractivity contribution is 0.171. The van der Waals surface area contributed by atoms with E-state index in [1.807, 2.05) is 24.3 Å². The molecule has 20 heavy (non-hydrogen) atoms. The van der Waals surface area contributed by atoms with Crippen LogP contribution in [0.2, 0.25) is 0 Å². The summed E-state index contributed by atoms with van der Waals surface area (Å²) in [6.45, 7) is 1.67. The highest BCUT2D eigenvalue weighted by Gasteiger charge is 2.14. The van der Waals surface area contributed by atoms with Crippen molar-refractivity contribution in [3.8, 4) is 17.2 Å². The summed E-state index contributed by atoms with van der Waals surface area (Å²) in [7, 11) is 0. The number of para-hydroxylation sites is 1. The molecule has 3 rings (SSSR count). The number of aromatic hydroxyl groups is 1. The van der Waals surface area contributed by atoms with Crippen LogP contribution in [-0.2, 0) is 6.54 Å². The Morgan fingerprint density at radius 3 is 2.55 bits per heavy atom. The zero-order valence-electron chi connectivity index (χ0n) is 10.7. The fourth-order valence-electron chi connectivity index (χ4n) is 2.05. The molecule has 0 amide bonds. The van der Waals surface area contributed by atoms with Crippen molar-refractivity contribution in [1.82, 2.24) is 0 Å². The number of hydrogen-bond donors (Lipinski definition) is 2. The lowest BCUT2D eigenvalue weighted by Gasteiger charge is -2.20. The molecule has 0 unspecified atom stereocenters. The molecule has 0 saturated heterocycles. The Morgan fingerprint density at radius 1 is 1.10 bits per heavy atom. The number of halogens is 1. The van der Waals surface area contributed by atoms with Crippen LogP contribution in [-0.4, -0.2) is 18.3 Å². The molecule has 0 fully saturated rings. The Kier molecular flexibility index (Phi) is 3.69. The van der Waals surface area contributed by atoms with Crippen molar-refractivity contribution in [2.24, 2.45) is 0 Å². The molecule has 0 spiro atoms. The molecule has 0 aliphatic carbocycles. The maximum Gasteiger partial charge on any atom is 0.163 e. The molecule has 0 atom stereocenters. The minimum absolute atomic E-state index is 0.286. The summed E-state index contributed by atoms with van der Waals surface area (Å²) >= 11 is 3.51. The molecule has 1 heterocycles. The molecule has 4 nitrogen and oxygen atoms in total. The predicted molar refractivity (Wildman–Crippen MR) is 80.6 cm³/mol. The molecule has 2 N–H and O–H groups in total. The van der Waals surface area contributed by atoms with Crippen LogP contribution in [0.4, 0.5) is 5.69 Å². The van der Waals surface area contributed by atoms with Crippen molar-refractivity contribution in [3.05, 3.63) is 46.4 Å². The number of phenols is 1. The third kappa shape index (κ3) is 2.67. The van der Waals surface area contributed by atoms with E-state index >= 15 is 0 Å². The van der Waals surface area contributed by atoms with Gasteiger partial charge in [-0.15, -0.1) is 0 Å². The first-order valence-corrected chi connectivity index (χ1v) is 7.13. The second-order valence-corrected chi connectivity index (χ2v) is 5.31. The highest BCUT2D eigenvalue weighted by atomic mass is 79.9. The van der Waals surface area contributed by atoms with Gasteiger partial charge in [0.15, 0.2) is 11.5 Å². The molecule has 104 valence electrons. The summed E-state index contributed by atoms with van der Waals surface area (Å²) in [5.41, 5.74) is 1.74. The van der Waals surface area contributed by atoms with Gasteiger partial charge in [0, 0.05) is 28.7 Å². The van der Waals surface area contributed by atoms with E-state index in [2.05, 4.69) is 21.2 Å². The van der Waals surface area contributed by atoms with Gasteiger partial charge in [-0.05, 0) is 22.0 Å². The van der Waals surface area contributed by atoms with E-state index < -0.39 is 0 Å². The fraction of sp³-hybridized carbons (Fsp3) is 0.200. The first kappa shape index (κ1) is 13.1. The minimum atomic E-state index is 0.286. The predicted octanol–water partition coefficient (Wildman–Crippen LogP) is 3.54. The summed E-state index contributed by atoms with van der Waals surface area (Å²) < 4.78 is 12.0. The minimum Gasteiger partial charge on any atom is -0.508 e. The van der Waals surface area contributed by atoms with E-state index in [-0.39, 0.29) is 5.75 Å². The standard InChI is InChI=1S/C15H14BrNO3/c16-11-7-14-15(20-6-5-19-14)8-12(11)17-9-10-3-1-2-4-13(10)18/h1-4,7-8,17-18H,5-6,9H2. The smallest absolute Gasteiger partial charge is 0.163 e. The van der Waals surface area contributed by atoms with Gasteiger partial charge in [-0.1, -0.05) is 18.2 Å². The molecule has 2 aromatic carbocycles. The summed E-state index contributed by atoms with van der Waals surface area (Å²) in [5.74, 6) is 1.77. The van der Waals surface area contributed by atoms with Gasteiger partial charge in [0.1, 0.15) is 19.0 Å². The average molecular weight is 336 g/mol. The van der Waals surface area contributed by atoms with Crippen molar-refractivity contribution >= 4 is 21.6 Å². The number of anilines is 1. The van der Waals surface area contributed by atoms with Crippen LogP contribution in [0.1, 0.15) is 5.56 Å². The average Bonchev–Trinajstić information content (AvgIpc) is 2.46. The zero-order valence-corrected chi connectivity index (χ0v) is 12.3. The van der Waals surface area contributed by atoms with Crippen LogP contribution < -0.4 is 14.8 Å². The van der Waals surface area contributed by atoms with Crippen LogP contribution in [0.25, 0.3) is 0 Å². The maximum atomic E-state index is 9.75. The van der Waals surface area contributed by atoms with Gasteiger partial charge in [-0.2, -0.15) is 0 Å².